The zero-order valence-electron chi connectivity index (χ0n) is 11.8. The van der Waals surface area contributed by atoms with Gasteiger partial charge in [0.1, 0.15) is 0 Å². The monoisotopic (exact) mass is 268 g/mol. The Morgan fingerprint density at radius 2 is 2.00 bits per heavy atom. The van der Waals surface area contributed by atoms with E-state index in [9.17, 15) is 9.59 Å². The molecule has 0 fully saturated rings. The molecule has 0 unspecified atom stereocenters. The van der Waals surface area contributed by atoms with E-state index in [1.54, 1.807) is 4.90 Å². The van der Waals surface area contributed by atoms with Crippen molar-refractivity contribution in [3.63, 3.8) is 0 Å². The van der Waals surface area contributed by atoms with Crippen LogP contribution in [0.4, 0.5) is 4.79 Å². The van der Waals surface area contributed by atoms with Crippen molar-refractivity contribution in [1.82, 2.24) is 10.2 Å². The molecule has 0 radical (unpaired) electrons. The van der Waals surface area contributed by atoms with Crippen LogP contribution in [-0.2, 0) is 4.79 Å². The molecule has 0 saturated heterocycles. The minimum atomic E-state index is -0.835. The summed E-state index contributed by atoms with van der Waals surface area (Å²) in [7, 11) is 0. The van der Waals surface area contributed by atoms with Gasteiger partial charge in [0, 0.05) is 32.0 Å². The first kappa shape index (κ1) is 17.3. The van der Waals surface area contributed by atoms with Gasteiger partial charge in [-0.1, -0.05) is 0 Å². The Balaban J connectivity index is 3.98. The highest BCUT2D eigenvalue weighted by Gasteiger charge is 2.16. The second-order valence-electron chi connectivity index (χ2n) is 4.68. The maximum absolute atomic E-state index is 11.9. The summed E-state index contributed by atoms with van der Waals surface area (Å²) in [5.41, 5.74) is 0. The molecule has 0 rings (SSSR count). The molecule has 2 amide bonds. The number of carboxylic acid groups (broad SMARTS) is 1. The van der Waals surface area contributed by atoms with Gasteiger partial charge < -0.3 is 15.3 Å². The zero-order chi connectivity index (χ0) is 14.7. The van der Waals surface area contributed by atoms with Crippen LogP contribution in [0.25, 0.3) is 0 Å². The van der Waals surface area contributed by atoms with Crippen molar-refractivity contribution in [3.05, 3.63) is 0 Å². The van der Waals surface area contributed by atoms with Crippen molar-refractivity contribution in [2.75, 3.05) is 13.1 Å². The number of hydrogen-bond acceptors (Lipinski definition) is 2. The fourth-order valence-corrected chi connectivity index (χ4v) is 1.64. The molecule has 2 N–H and O–H groups in total. The van der Waals surface area contributed by atoms with E-state index in [0.717, 1.165) is 19.3 Å². The van der Waals surface area contributed by atoms with Crippen LogP contribution in [-0.4, -0.2) is 41.1 Å². The number of nitrogens with one attached hydrogen (secondary N) is 1. The molecule has 0 atom stereocenters. The van der Waals surface area contributed by atoms with Crippen molar-refractivity contribution in [3.8, 4) is 12.3 Å². The molecule has 0 bridgehead atoms. The van der Waals surface area contributed by atoms with Gasteiger partial charge in [0.05, 0.1) is 0 Å². The highest BCUT2D eigenvalue weighted by atomic mass is 16.4. The minimum Gasteiger partial charge on any atom is -0.481 e. The first-order valence-electron chi connectivity index (χ1n) is 6.68. The summed E-state index contributed by atoms with van der Waals surface area (Å²) in [6.07, 6.45) is 8.18. The van der Waals surface area contributed by atoms with Gasteiger partial charge in [-0.3, -0.25) is 4.79 Å². The largest absolute Gasteiger partial charge is 0.481 e. The summed E-state index contributed by atoms with van der Waals surface area (Å²) in [5, 5.41) is 11.4. The quantitative estimate of drug-likeness (QED) is 0.497. The molecular formula is C14H24N2O3. The molecule has 0 aromatic rings. The average Bonchev–Trinajstić information content (AvgIpc) is 2.33. The van der Waals surface area contributed by atoms with Gasteiger partial charge in [-0.25, -0.2) is 4.79 Å². The Kier molecular flexibility index (Phi) is 9.33. The fraction of sp³-hybridized carbons (Fsp3) is 0.714. The summed E-state index contributed by atoms with van der Waals surface area (Å²) in [5.74, 6) is 1.72. The third-order valence-corrected chi connectivity index (χ3v) is 2.70. The Hall–Kier alpha value is -1.70. The van der Waals surface area contributed by atoms with E-state index >= 15 is 0 Å². The Labute approximate surface area is 115 Å². The number of rotatable bonds is 9. The Morgan fingerprint density at radius 1 is 1.32 bits per heavy atom. The molecule has 0 heterocycles. The van der Waals surface area contributed by atoms with Crippen molar-refractivity contribution in [2.45, 2.75) is 52.0 Å². The van der Waals surface area contributed by atoms with Crippen LogP contribution in [0, 0.1) is 12.3 Å². The van der Waals surface area contributed by atoms with Crippen LogP contribution < -0.4 is 5.32 Å². The van der Waals surface area contributed by atoms with Crippen LogP contribution in [0.1, 0.15) is 46.0 Å². The second-order valence-corrected chi connectivity index (χ2v) is 4.68. The average molecular weight is 268 g/mol. The SMILES string of the molecule is C#CCCCCNC(=O)N(CCCC(=O)O)C(C)C. The van der Waals surface area contributed by atoms with Crippen molar-refractivity contribution < 1.29 is 14.7 Å². The number of carboxylic acids is 1. The van der Waals surface area contributed by atoms with E-state index in [2.05, 4.69) is 11.2 Å². The zero-order valence-corrected chi connectivity index (χ0v) is 11.8. The van der Waals surface area contributed by atoms with Crippen LogP contribution in [0.5, 0.6) is 0 Å². The number of urea groups is 1. The van der Waals surface area contributed by atoms with Crippen molar-refractivity contribution in [1.29, 1.82) is 0 Å². The number of terminal acetylenes is 1. The van der Waals surface area contributed by atoms with E-state index in [1.807, 2.05) is 13.8 Å². The first-order chi connectivity index (χ1) is 8.99. The van der Waals surface area contributed by atoms with Gasteiger partial charge in [0.25, 0.3) is 0 Å². The van der Waals surface area contributed by atoms with Gasteiger partial charge in [-0.15, -0.1) is 12.3 Å². The summed E-state index contributed by atoms with van der Waals surface area (Å²) in [4.78, 5) is 24.0. The van der Waals surface area contributed by atoms with Crippen molar-refractivity contribution in [2.24, 2.45) is 0 Å². The summed E-state index contributed by atoms with van der Waals surface area (Å²) in [6.45, 7) is 4.89. The lowest BCUT2D eigenvalue weighted by Crippen LogP contribution is -2.44. The minimum absolute atomic E-state index is 0.0551. The van der Waals surface area contributed by atoms with Gasteiger partial charge in [-0.2, -0.15) is 0 Å². The molecule has 0 aromatic heterocycles. The Morgan fingerprint density at radius 3 is 2.53 bits per heavy atom. The highest BCUT2D eigenvalue weighted by molar-refractivity contribution is 5.74. The highest BCUT2D eigenvalue weighted by Crippen LogP contribution is 2.03. The molecule has 0 aliphatic carbocycles. The fourth-order valence-electron chi connectivity index (χ4n) is 1.64. The lowest BCUT2D eigenvalue weighted by molar-refractivity contribution is -0.137. The molecule has 108 valence electrons. The summed E-state index contributed by atoms with van der Waals surface area (Å²) >= 11 is 0. The third kappa shape index (κ3) is 8.95. The number of carbonyl (C=O) groups is 2. The standard InChI is InChI=1S/C14H24N2O3/c1-4-5-6-7-10-15-14(19)16(12(2)3)11-8-9-13(17)18/h1,12H,5-11H2,2-3H3,(H,15,19)(H,17,18). The normalized spacial score (nSPS) is 10.0. The van der Waals surface area contributed by atoms with E-state index < -0.39 is 5.97 Å². The number of aliphatic carboxylic acids is 1. The molecule has 0 aliphatic rings. The van der Waals surface area contributed by atoms with E-state index in [0.29, 0.717) is 19.5 Å². The topological polar surface area (TPSA) is 69.6 Å². The predicted octanol–water partition coefficient (Wildman–Crippen LogP) is 2.07. The molecule has 0 aliphatic heterocycles. The number of amides is 2. The molecule has 0 aromatic carbocycles. The Bertz CT molecular complexity index is 321. The number of carbonyl (C=O) groups excluding carboxylic acids is 1. The van der Waals surface area contributed by atoms with Crippen LogP contribution >= 0.6 is 0 Å². The van der Waals surface area contributed by atoms with Gasteiger partial charge >= 0.3 is 12.0 Å². The third-order valence-electron chi connectivity index (χ3n) is 2.70. The molecule has 19 heavy (non-hydrogen) atoms. The maximum Gasteiger partial charge on any atom is 0.317 e. The first-order valence-corrected chi connectivity index (χ1v) is 6.68. The van der Waals surface area contributed by atoms with Gasteiger partial charge in [0.2, 0.25) is 0 Å². The predicted molar refractivity (Wildman–Crippen MR) is 74.8 cm³/mol. The van der Waals surface area contributed by atoms with Crippen LogP contribution in [0.15, 0.2) is 0 Å². The van der Waals surface area contributed by atoms with E-state index in [1.165, 1.54) is 0 Å². The van der Waals surface area contributed by atoms with Crippen LogP contribution in [0.2, 0.25) is 0 Å². The van der Waals surface area contributed by atoms with Crippen molar-refractivity contribution >= 4 is 12.0 Å². The van der Waals surface area contributed by atoms with E-state index in [-0.39, 0.29) is 18.5 Å². The lowest BCUT2D eigenvalue weighted by atomic mass is 10.2. The van der Waals surface area contributed by atoms with Crippen LogP contribution in [0.3, 0.4) is 0 Å². The lowest BCUT2D eigenvalue weighted by Gasteiger charge is -2.26. The van der Waals surface area contributed by atoms with E-state index in [4.69, 9.17) is 11.5 Å². The maximum atomic E-state index is 11.9. The molecule has 5 nitrogen and oxygen atoms in total. The number of hydrogen-bond donors (Lipinski definition) is 2. The molecule has 0 saturated carbocycles. The second kappa shape index (κ2) is 10.2. The molecule has 5 heteroatoms. The number of nitrogens with zero attached hydrogens (tertiary/aromatic N) is 1. The number of unbranched alkanes of at least 4 members (excludes halogenated alkanes) is 2. The molecular weight excluding hydrogens is 244 g/mol. The van der Waals surface area contributed by atoms with Gasteiger partial charge in [0.15, 0.2) is 0 Å². The van der Waals surface area contributed by atoms with Gasteiger partial charge in [-0.05, 0) is 33.1 Å². The summed E-state index contributed by atoms with van der Waals surface area (Å²) < 4.78 is 0. The summed E-state index contributed by atoms with van der Waals surface area (Å²) in [6, 6.07) is -0.0828. The molecule has 0 spiro atoms. The smallest absolute Gasteiger partial charge is 0.317 e.